The van der Waals surface area contributed by atoms with Gasteiger partial charge in [0.2, 0.25) is 11.8 Å². The third-order valence-corrected chi connectivity index (χ3v) is 6.08. The number of carbonyl (C=O) groups excluding carboxylic acids is 3. The molecule has 0 spiro atoms. The van der Waals surface area contributed by atoms with E-state index in [9.17, 15) is 18.8 Å². The van der Waals surface area contributed by atoms with E-state index in [1.54, 1.807) is 36.6 Å². The molecule has 10 heteroatoms. The van der Waals surface area contributed by atoms with Crippen LogP contribution in [0.4, 0.5) is 15.8 Å². The number of nitrogens with one attached hydrogen (secondary N) is 2. The van der Waals surface area contributed by atoms with Crippen LogP contribution < -0.4 is 10.6 Å². The smallest absolute Gasteiger partial charge is 0.338 e. The predicted octanol–water partition coefficient (Wildman–Crippen LogP) is 4.37. The number of esters is 1. The van der Waals surface area contributed by atoms with Gasteiger partial charge in [-0.2, -0.15) is 0 Å². The zero-order valence-corrected chi connectivity index (χ0v) is 18.7. The van der Waals surface area contributed by atoms with E-state index >= 15 is 0 Å². The molecule has 1 heterocycles. The monoisotopic (exact) mass is 473 g/mol. The number of ether oxygens (including phenoxy) is 1. The molecule has 3 rings (SSSR count). The van der Waals surface area contributed by atoms with Gasteiger partial charge in [0.1, 0.15) is 5.82 Å². The van der Waals surface area contributed by atoms with Crippen LogP contribution >= 0.6 is 23.1 Å². The fraction of sp³-hybridized carbons (Fsp3) is 0.182. The van der Waals surface area contributed by atoms with Gasteiger partial charge in [0.15, 0.2) is 4.34 Å². The Bertz CT molecular complexity index is 1090. The molecule has 1 aromatic heterocycles. The van der Waals surface area contributed by atoms with Gasteiger partial charge in [0.05, 0.1) is 30.0 Å². The van der Waals surface area contributed by atoms with Crippen LogP contribution in [-0.4, -0.2) is 35.1 Å². The van der Waals surface area contributed by atoms with Gasteiger partial charge in [0.25, 0.3) is 0 Å². The second-order valence-electron chi connectivity index (χ2n) is 6.47. The maximum Gasteiger partial charge on any atom is 0.338 e. The Labute approximate surface area is 192 Å². The van der Waals surface area contributed by atoms with Crippen LogP contribution in [0.25, 0.3) is 0 Å². The molecule has 7 nitrogen and oxygen atoms in total. The minimum atomic E-state index is -0.413. The van der Waals surface area contributed by atoms with Crippen LogP contribution in [0.5, 0.6) is 0 Å². The number of benzene rings is 2. The second kappa shape index (κ2) is 11.4. The molecule has 0 saturated carbocycles. The summed E-state index contributed by atoms with van der Waals surface area (Å²) in [4.78, 5) is 40.3. The first-order valence-corrected chi connectivity index (χ1v) is 11.5. The molecule has 2 amide bonds. The number of hydrogen-bond donors (Lipinski definition) is 2. The quantitative estimate of drug-likeness (QED) is 0.354. The highest BCUT2D eigenvalue weighted by Crippen LogP contribution is 2.23. The zero-order chi connectivity index (χ0) is 22.9. The maximum atomic E-state index is 12.9. The van der Waals surface area contributed by atoms with Crippen molar-refractivity contribution in [2.24, 2.45) is 0 Å². The molecule has 0 atom stereocenters. The van der Waals surface area contributed by atoms with Crippen LogP contribution in [0.1, 0.15) is 23.0 Å². The third kappa shape index (κ3) is 7.17. The van der Waals surface area contributed by atoms with E-state index in [0.717, 1.165) is 0 Å². The lowest BCUT2D eigenvalue weighted by atomic mass is 10.2. The molecule has 0 aliphatic heterocycles. The first kappa shape index (κ1) is 23.4. The number of rotatable bonds is 9. The summed E-state index contributed by atoms with van der Waals surface area (Å²) < 4.78 is 18.5. The van der Waals surface area contributed by atoms with Crippen molar-refractivity contribution in [3.05, 3.63) is 71.0 Å². The number of thiazole rings is 1. The number of carbonyl (C=O) groups is 3. The number of amides is 2. The molecule has 0 saturated heterocycles. The van der Waals surface area contributed by atoms with Crippen molar-refractivity contribution in [1.29, 1.82) is 0 Å². The van der Waals surface area contributed by atoms with Crippen molar-refractivity contribution < 1.29 is 23.5 Å². The van der Waals surface area contributed by atoms with Crippen LogP contribution in [0.3, 0.4) is 0 Å². The fourth-order valence-corrected chi connectivity index (χ4v) is 4.21. The Morgan fingerprint density at radius 2 is 1.62 bits per heavy atom. The molecule has 2 N–H and O–H groups in total. The minimum Gasteiger partial charge on any atom is -0.462 e. The molecule has 32 heavy (non-hydrogen) atoms. The maximum absolute atomic E-state index is 12.9. The van der Waals surface area contributed by atoms with Crippen molar-refractivity contribution in [2.75, 3.05) is 23.0 Å². The summed E-state index contributed by atoms with van der Waals surface area (Å²) >= 11 is 2.61. The topological polar surface area (TPSA) is 97.4 Å². The highest BCUT2D eigenvalue weighted by molar-refractivity contribution is 8.01. The van der Waals surface area contributed by atoms with Crippen molar-refractivity contribution in [2.45, 2.75) is 17.7 Å². The molecule has 0 aliphatic rings. The molecule has 0 aliphatic carbocycles. The summed E-state index contributed by atoms with van der Waals surface area (Å²) in [7, 11) is 0. The van der Waals surface area contributed by atoms with E-state index in [4.69, 9.17) is 4.74 Å². The highest BCUT2D eigenvalue weighted by atomic mass is 32.2. The Balaban J connectivity index is 1.45. The van der Waals surface area contributed by atoms with E-state index in [2.05, 4.69) is 15.6 Å². The van der Waals surface area contributed by atoms with Crippen molar-refractivity contribution in [3.8, 4) is 0 Å². The van der Waals surface area contributed by atoms with Gasteiger partial charge >= 0.3 is 5.97 Å². The molecule has 0 radical (unpaired) electrons. The number of aromatic nitrogens is 1. The Kier molecular flexibility index (Phi) is 8.34. The molecule has 0 bridgehead atoms. The summed E-state index contributed by atoms with van der Waals surface area (Å²) in [6.07, 6.45) is 0.0818. The molecule has 2 aromatic carbocycles. The molecule has 0 fully saturated rings. The molecule has 166 valence electrons. The van der Waals surface area contributed by atoms with Crippen LogP contribution in [0.2, 0.25) is 0 Å². The lowest BCUT2D eigenvalue weighted by Gasteiger charge is -2.06. The molecule has 0 unspecified atom stereocenters. The van der Waals surface area contributed by atoms with Gasteiger partial charge in [-0.15, -0.1) is 11.3 Å². The zero-order valence-electron chi connectivity index (χ0n) is 17.1. The van der Waals surface area contributed by atoms with Crippen molar-refractivity contribution in [3.63, 3.8) is 0 Å². The second-order valence-corrected chi connectivity index (χ2v) is 8.55. The van der Waals surface area contributed by atoms with Crippen LogP contribution in [0.15, 0.2) is 58.3 Å². The molecule has 3 aromatic rings. The summed E-state index contributed by atoms with van der Waals surface area (Å²) in [5.74, 6) is -1.12. The number of hydrogen-bond acceptors (Lipinski definition) is 7. The largest absolute Gasteiger partial charge is 0.462 e. The summed E-state index contributed by atoms with van der Waals surface area (Å²) in [6.45, 7) is 2.03. The number of anilines is 2. The predicted molar refractivity (Wildman–Crippen MR) is 123 cm³/mol. The van der Waals surface area contributed by atoms with Gasteiger partial charge in [-0.1, -0.05) is 11.8 Å². The first-order chi connectivity index (χ1) is 15.4. The summed E-state index contributed by atoms with van der Waals surface area (Å²) in [5, 5.41) is 7.20. The Morgan fingerprint density at radius 3 is 2.28 bits per heavy atom. The van der Waals surface area contributed by atoms with Gasteiger partial charge in [-0.25, -0.2) is 14.2 Å². The van der Waals surface area contributed by atoms with Crippen molar-refractivity contribution in [1.82, 2.24) is 4.98 Å². The lowest BCUT2D eigenvalue weighted by Crippen LogP contribution is -2.15. The third-order valence-electron chi connectivity index (χ3n) is 4.01. The normalized spacial score (nSPS) is 10.4. The van der Waals surface area contributed by atoms with Gasteiger partial charge in [0, 0.05) is 16.8 Å². The van der Waals surface area contributed by atoms with Crippen LogP contribution in [-0.2, 0) is 20.7 Å². The fourth-order valence-electron chi connectivity index (χ4n) is 2.57. The summed E-state index contributed by atoms with van der Waals surface area (Å²) in [5.41, 5.74) is 2.08. The van der Waals surface area contributed by atoms with Crippen molar-refractivity contribution >= 4 is 52.3 Å². The standard InChI is InChI=1S/C22H20FN3O4S2/c1-2-30-21(29)14-3-7-16(8-4-14)24-19(27)11-18-12-31-22(26-18)32-13-20(28)25-17-9-5-15(23)6-10-17/h3-10,12H,2,11,13H2,1H3,(H,24,27)(H,25,28). The van der Waals surface area contributed by atoms with E-state index in [1.807, 2.05) is 0 Å². The number of halogens is 1. The van der Waals surface area contributed by atoms with Gasteiger partial charge in [-0.05, 0) is 55.5 Å². The Morgan fingerprint density at radius 1 is 1.00 bits per heavy atom. The van der Waals surface area contributed by atoms with E-state index in [0.29, 0.717) is 33.6 Å². The minimum absolute atomic E-state index is 0.0818. The summed E-state index contributed by atoms with van der Waals surface area (Å²) in [6, 6.07) is 12.0. The van der Waals surface area contributed by atoms with Crippen LogP contribution in [0, 0.1) is 5.82 Å². The average Bonchev–Trinajstić information content (AvgIpc) is 3.21. The Hall–Kier alpha value is -3.24. The van der Waals surface area contributed by atoms with Gasteiger partial charge < -0.3 is 15.4 Å². The average molecular weight is 474 g/mol. The number of thioether (sulfide) groups is 1. The van der Waals surface area contributed by atoms with E-state index < -0.39 is 5.97 Å². The van der Waals surface area contributed by atoms with E-state index in [1.165, 1.54) is 47.4 Å². The molecular weight excluding hydrogens is 453 g/mol. The number of nitrogens with zero attached hydrogens (tertiary/aromatic N) is 1. The highest BCUT2D eigenvalue weighted by Gasteiger charge is 2.11. The SMILES string of the molecule is CCOC(=O)c1ccc(NC(=O)Cc2csc(SCC(=O)Nc3ccc(F)cc3)n2)cc1. The first-order valence-electron chi connectivity index (χ1n) is 9.62. The van der Waals surface area contributed by atoms with E-state index in [-0.39, 0.29) is 29.8 Å². The molecular formula is C22H20FN3O4S2. The van der Waals surface area contributed by atoms with Gasteiger partial charge in [-0.3, -0.25) is 9.59 Å². The lowest BCUT2D eigenvalue weighted by molar-refractivity contribution is -0.116.